The number of anilines is 2. The minimum atomic E-state index is 0.523. The van der Waals surface area contributed by atoms with Crippen LogP contribution in [0.5, 0.6) is 0 Å². The van der Waals surface area contributed by atoms with Crippen LogP contribution in [-0.4, -0.2) is 16.0 Å². The molecule has 1 aliphatic rings. The third-order valence-corrected chi connectivity index (χ3v) is 4.51. The molecule has 0 aliphatic heterocycles. The highest BCUT2D eigenvalue weighted by Gasteiger charge is 2.14. The van der Waals surface area contributed by atoms with E-state index in [1.54, 1.807) is 0 Å². The molecule has 1 heterocycles. The van der Waals surface area contributed by atoms with E-state index in [-0.39, 0.29) is 0 Å². The van der Waals surface area contributed by atoms with Crippen molar-refractivity contribution in [1.82, 2.24) is 9.97 Å². The molecule has 1 fully saturated rings. The van der Waals surface area contributed by atoms with Crippen molar-refractivity contribution < 1.29 is 0 Å². The first-order valence-electron chi connectivity index (χ1n) is 8.61. The number of aromatic nitrogens is 2. The molecule has 1 aliphatic carbocycles. The van der Waals surface area contributed by atoms with E-state index in [2.05, 4.69) is 51.8 Å². The van der Waals surface area contributed by atoms with E-state index in [1.165, 1.54) is 43.2 Å². The molecule has 2 aromatic rings. The van der Waals surface area contributed by atoms with E-state index in [0.717, 1.165) is 24.0 Å². The van der Waals surface area contributed by atoms with Crippen molar-refractivity contribution in [3.05, 3.63) is 47.2 Å². The van der Waals surface area contributed by atoms with Crippen molar-refractivity contribution in [2.45, 2.75) is 58.5 Å². The molecule has 0 atom stereocenters. The Morgan fingerprint density at radius 2 is 1.83 bits per heavy atom. The average molecular weight is 310 g/mol. The fraction of sp³-hybridized carbons (Fsp3) is 0.474. The summed E-state index contributed by atoms with van der Waals surface area (Å²) >= 11 is 0. The Bertz CT molecular complexity index is 648. The summed E-state index contributed by atoms with van der Waals surface area (Å²) in [4.78, 5) is 9.18. The SMILES string of the molecule is Cc1cc(NCc2ccccc2C)nc(NC2CCCCC2)n1. The van der Waals surface area contributed by atoms with Crippen LogP contribution in [0, 0.1) is 13.8 Å². The maximum Gasteiger partial charge on any atom is 0.225 e. The summed E-state index contributed by atoms with van der Waals surface area (Å²) in [5.41, 5.74) is 3.59. The molecular weight excluding hydrogens is 284 g/mol. The maximum atomic E-state index is 4.64. The normalized spacial score (nSPS) is 15.4. The van der Waals surface area contributed by atoms with Gasteiger partial charge in [-0.05, 0) is 37.8 Å². The molecule has 0 radical (unpaired) electrons. The van der Waals surface area contributed by atoms with Crippen molar-refractivity contribution in [3.63, 3.8) is 0 Å². The highest BCUT2D eigenvalue weighted by molar-refractivity contribution is 5.43. The van der Waals surface area contributed by atoms with Crippen LogP contribution < -0.4 is 10.6 Å². The summed E-state index contributed by atoms with van der Waals surface area (Å²) in [5, 5.41) is 6.94. The number of hydrogen-bond donors (Lipinski definition) is 2. The Labute approximate surface area is 138 Å². The molecule has 0 unspecified atom stereocenters. The van der Waals surface area contributed by atoms with E-state index in [1.807, 2.05) is 13.0 Å². The van der Waals surface area contributed by atoms with Gasteiger partial charge >= 0.3 is 0 Å². The van der Waals surface area contributed by atoms with Gasteiger partial charge in [0.05, 0.1) is 0 Å². The highest BCUT2D eigenvalue weighted by atomic mass is 15.2. The van der Waals surface area contributed by atoms with Crippen LogP contribution in [0.15, 0.2) is 30.3 Å². The minimum absolute atomic E-state index is 0.523. The molecule has 23 heavy (non-hydrogen) atoms. The van der Waals surface area contributed by atoms with Crippen molar-refractivity contribution in [2.24, 2.45) is 0 Å². The average Bonchev–Trinajstić information content (AvgIpc) is 2.54. The van der Waals surface area contributed by atoms with Crippen molar-refractivity contribution in [3.8, 4) is 0 Å². The monoisotopic (exact) mass is 310 g/mol. The van der Waals surface area contributed by atoms with Gasteiger partial charge < -0.3 is 10.6 Å². The van der Waals surface area contributed by atoms with Gasteiger partial charge in [0.1, 0.15) is 5.82 Å². The van der Waals surface area contributed by atoms with Crippen LogP contribution in [0.1, 0.15) is 48.9 Å². The van der Waals surface area contributed by atoms with Gasteiger partial charge in [-0.15, -0.1) is 0 Å². The third-order valence-electron chi connectivity index (χ3n) is 4.51. The second-order valence-electron chi connectivity index (χ2n) is 6.48. The highest BCUT2D eigenvalue weighted by Crippen LogP contribution is 2.21. The van der Waals surface area contributed by atoms with Crippen LogP contribution in [0.4, 0.5) is 11.8 Å². The van der Waals surface area contributed by atoms with Gasteiger partial charge in [0.2, 0.25) is 5.95 Å². The van der Waals surface area contributed by atoms with Gasteiger partial charge in [0, 0.05) is 24.3 Å². The van der Waals surface area contributed by atoms with E-state index in [0.29, 0.717) is 6.04 Å². The molecule has 4 heteroatoms. The van der Waals surface area contributed by atoms with Gasteiger partial charge in [-0.25, -0.2) is 4.98 Å². The molecule has 0 amide bonds. The first kappa shape index (κ1) is 15.8. The second-order valence-corrected chi connectivity index (χ2v) is 6.48. The summed E-state index contributed by atoms with van der Waals surface area (Å²) in [6.07, 6.45) is 6.42. The van der Waals surface area contributed by atoms with Crippen molar-refractivity contribution in [1.29, 1.82) is 0 Å². The largest absolute Gasteiger partial charge is 0.366 e. The van der Waals surface area contributed by atoms with E-state index in [9.17, 15) is 0 Å². The van der Waals surface area contributed by atoms with Crippen LogP contribution in [-0.2, 0) is 6.54 Å². The zero-order valence-corrected chi connectivity index (χ0v) is 14.1. The topological polar surface area (TPSA) is 49.8 Å². The molecule has 0 spiro atoms. The maximum absolute atomic E-state index is 4.64. The molecule has 3 rings (SSSR count). The molecular formula is C19H26N4. The van der Waals surface area contributed by atoms with E-state index >= 15 is 0 Å². The Kier molecular flexibility index (Phi) is 5.11. The van der Waals surface area contributed by atoms with Crippen LogP contribution in [0.25, 0.3) is 0 Å². The summed E-state index contributed by atoms with van der Waals surface area (Å²) in [6, 6.07) is 11.0. The smallest absolute Gasteiger partial charge is 0.225 e. The molecule has 2 N–H and O–H groups in total. The predicted molar refractivity (Wildman–Crippen MR) is 95.8 cm³/mol. The van der Waals surface area contributed by atoms with Crippen LogP contribution in [0.3, 0.4) is 0 Å². The first-order valence-corrected chi connectivity index (χ1v) is 8.61. The number of benzene rings is 1. The summed E-state index contributed by atoms with van der Waals surface area (Å²) in [5.74, 6) is 1.64. The van der Waals surface area contributed by atoms with Gasteiger partial charge in [-0.3, -0.25) is 0 Å². The standard InChI is InChI=1S/C19H26N4/c1-14-8-6-7-9-16(14)13-20-18-12-15(2)21-19(23-18)22-17-10-4-3-5-11-17/h6-9,12,17H,3-5,10-11,13H2,1-2H3,(H2,20,21,22,23). The lowest BCUT2D eigenvalue weighted by Gasteiger charge is -2.23. The Balaban J connectivity index is 1.66. The molecule has 1 aromatic carbocycles. The lowest BCUT2D eigenvalue weighted by molar-refractivity contribution is 0.461. The second kappa shape index (κ2) is 7.44. The number of rotatable bonds is 5. The molecule has 1 aromatic heterocycles. The van der Waals surface area contributed by atoms with Crippen LogP contribution in [0.2, 0.25) is 0 Å². The number of aryl methyl sites for hydroxylation is 2. The Morgan fingerprint density at radius 1 is 1.04 bits per heavy atom. The fourth-order valence-electron chi connectivity index (χ4n) is 3.15. The van der Waals surface area contributed by atoms with Crippen molar-refractivity contribution in [2.75, 3.05) is 10.6 Å². The van der Waals surface area contributed by atoms with E-state index in [4.69, 9.17) is 0 Å². The lowest BCUT2D eigenvalue weighted by atomic mass is 9.96. The van der Waals surface area contributed by atoms with Gasteiger partial charge in [0.15, 0.2) is 0 Å². The first-order chi connectivity index (χ1) is 11.2. The zero-order valence-electron chi connectivity index (χ0n) is 14.1. The van der Waals surface area contributed by atoms with Gasteiger partial charge in [-0.1, -0.05) is 43.5 Å². The Morgan fingerprint density at radius 3 is 2.61 bits per heavy atom. The van der Waals surface area contributed by atoms with Crippen molar-refractivity contribution >= 4 is 11.8 Å². The van der Waals surface area contributed by atoms with Crippen LogP contribution >= 0.6 is 0 Å². The summed E-state index contributed by atoms with van der Waals surface area (Å²) in [7, 11) is 0. The fourth-order valence-corrected chi connectivity index (χ4v) is 3.15. The molecule has 0 saturated heterocycles. The predicted octanol–water partition coefficient (Wildman–Crippen LogP) is 4.45. The summed E-state index contributed by atoms with van der Waals surface area (Å²) in [6.45, 7) is 4.94. The Hall–Kier alpha value is -2.10. The minimum Gasteiger partial charge on any atom is -0.366 e. The molecule has 0 bridgehead atoms. The molecule has 122 valence electrons. The molecule has 4 nitrogen and oxygen atoms in total. The lowest BCUT2D eigenvalue weighted by Crippen LogP contribution is -2.23. The number of nitrogens with one attached hydrogen (secondary N) is 2. The number of hydrogen-bond acceptors (Lipinski definition) is 4. The quantitative estimate of drug-likeness (QED) is 0.856. The molecule has 1 saturated carbocycles. The van der Waals surface area contributed by atoms with E-state index < -0.39 is 0 Å². The summed E-state index contributed by atoms with van der Waals surface area (Å²) < 4.78 is 0. The third kappa shape index (κ3) is 4.44. The van der Waals surface area contributed by atoms with Gasteiger partial charge in [-0.2, -0.15) is 4.98 Å². The zero-order chi connectivity index (χ0) is 16.1. The van der Waals surface area contributed by atoms with Gasteiger partial charge in [0.25, 0.3) is 0 Å². The number of nitrogens with zero attached hydrogens (tertiary/aromatic N) is 2.